The highest BCUT2D eigenvalue weighted by Gasteiger charge is 2.49. The van der Waals surface area contributed by atoms with E-state index in [1.807, 2.05) is 19.9 Å². The van der Waals surface area contributed by atoms with Crippen molar-refractivity contribution in [1.29, 1.82) is 0 Å². The summed E-state index contributed by atoms with van der Waals surface area (Å²) in [6.45, 7) is 8.51. The van der Waals surface area contributed by atoms with E-state index in [1.54, 1.807) is 6.92 Å². The van der Waals surface area contributed by atoms with E-state index in [0.29, 0.717) is 5.57 Å². The van der Waals surface area contributed by atoms with Crippen molar-refractivity contribution in [2.24, 2.45) is 5.92 Å². The summed E-state index contributed by atoms with van der Waals surface area (Å²) in [6.07, 6.45) is 1.82. The number of ether oxygens (including phenoxy) is 1. The molecule has 3 atom stereocenters. The molecule has 1 aromatic rings. The van der Waals surface area contributed by atoms with Gasteiger partial charge in [-0.1, -0.05) is 26.3 Å². The zero-order chi connectivity index (χ0) is 17.5. The number of fused-ring (bicyclic) bond motifs is 1. The van der Waals surface area contributed by atoms with Gasteiger partial charge in [-0.15, -0.1) is 0 Å². The van der Waals surface area contributed by atoms with E-state index in [9.17, 15) is 19.8 Å². The zero-order valence-corrected chi connectivity index (χ0v) is 14.0. The molecule has 3 unspecified atom stereocenters. The van der Waals surface area contributed by atoms with Crippen molar-refractivity contribution in [2.75, 3.05) is 0 Å². The Balaban J connectivity index is 2.62. The third-order valence-electron chi connectivity index (χ3n) is 4.32. The predicted molar refractivity (Wildman–Crippen MR) is 83.4 cm³/mol. The number of carbonyl (C=O) groups excluding carboxylic acids is 1. The molecule has 6 nitrogen and oxygen atoms in total. The normalized spacial score (nSPS) is 25.7. The maximum absolute atomic E-state index is 12.2. The van der Waals surface area contributed by atoms with Gasteiger partial charge >= 0.3 is 11.6 Å². The Hall–Kier alpha value is -2.08. The minimum atomic E-state index is -1.75. The van der Waals surface area contributed by atoms with Crippen LogP contribution in [0.15, 0.2) is 20.9 Å². The number of hydrogen-bond acceptors (Lipinski definition) is 6. The quantitative estimate of drug-likeness (QED) is 0.655. The Kier molecular flexibility index (Phi) is 4.39. The van der Waals surface area contributed by atoms with Gasteiger partial charge in [0.05, 0.1) is 5.56 Å². The maximum atomic E-state index is 12.2. The lowest BCUT2D eigenvalue weighted by Crippen LogP contribution is -2.46. The highest BCUT2D eigenvalue weighted by Crippen LogP contribution is 2.41. The number of cyclic esters (lactones) is 1. The summed E-state index contributed by atoms with van der Waals surface area (Å²) in [7, 11) is 0. The van der Waals surface area contributed by atoms with Crippen molar-refractivity contribution in [3.05, 3.63) is 39.0 Å². The molecule has 23 heavy (non-hydrogen) atoms. The number of aromatic hydroxyl groups is 1. The monoisotopic (exact) mass is 322 g/mol. The molecule has 0 saturated heterocycles. The number of carbonyl (C=O) groups is 1. The van der Waals surface area contributed by atoms with Crippen molar-refractivity contribution in [3.8, 4) is 5.75 Å². The fourth-order valence-corrected chi connectivity index (χ4v) is 2.75. The fourth-order valence-electron chi connectivity index (χ4n) is 2.75. The standard InChI is InChI=1S/C17H22O6/c1-6-8(2)7-9(3)13-17(5,21)14-11(16(20)22-13)12(18)10(4)15(19)23-14/h7-8,13,18,21H,6H2,1-5H3. The number of allylic oxidation sites excluding steroid dienone is 1. The van der Waals surface area contributed by atoms with E-state index in [-0.39, 0.29) is 22.8 Å². The largest absolute Gasteiger partial charge is 0.506 e. The highest BCUT2D eigenvalue weighted by atomic mass is 16.6. The first-order valence-electron chi connectivity index (χ1n) is 7.60. The first kappa shape index (κ1) is 17.3. The molecule has 126 valence electrons. The molecule has 2 heterocycles. The topological polar surface area (TPSA) is 97.0 Å². The third kappa shape index (κ3) is 2.79. The van der Waals surface area contributed by atoms with Gasteiger partial charge < -0.3 is 19.4 Å². The molecule has 2 rings (SSSR count). The number of rotatable bonds is 3. The van der Waals surface area contributed by atoms with Crippen molar-refractivity contribution in [1.82, 2.24) is 0 Å². The first-order chi connectivity index (χ1) is 10.6. The van der Waals surface area contributed by atoms with Gasteiger partial charge in [-0.05, 0) is 32.3 Å². The molecule has 1 aliphatic rings. The minimum absolute atomic E-state index is 0.0955. The van der Waals surface area contributed by atoms with E-state index < -0.39 is 29.0 Å². The predicted octanol–water partition coefficient (Wildman–Crippen LogP) is 2.39. The van der Waals surface area contributed by atoms with Gasteiger partial charge in [0, 0.05) is 0 Å². The molecule has 0 fully saturated rings. The summed E-state index contributed by atoms with van der Waals surface area (Å²) < 4.78 is 10.4. The average Bonchev–Trinajstić information content (AvgIpc) is 2.47. The van der Waals surface area contributed by atoms with Gasteiger partial charge in [0.1, 0.15) is 11.3 Å². The number of esters is 1. The Morgan fingerprint density at radius 1 is 1.43 bits per heavy atom. The molecule has 0 amide bonds. The SMILES string of the molecule is CCC(C)C=C(C)C1OC(=O)c2c(oc(=O)c(C)c2O)C1(C)O. The van der Waals surface area contributed by atoms with E-state index in [0.717, 1.165) is 6.42 Å². The lowest BCUT2D eigenvalue weighted by atomic mass is 9.84. The van der Waals surface area contributed by atoms with Crippen LogP contribution in [0.25, 0.3) is 0 Å². The van der Waals surface area contributed by atoms with Gasteiger partial charge in [0.15, 0.2) is 17.5 Å². The summed E-state index contributed by atoms with van der Waals surface area (Å²) >= 11 is 0. The lowest BCUT2D eigenvalue weighted by Gasteiger charge is -2.37. The van der Waals surface area contributed by atoms with Gasteiger partial charge in [0.25, 0.3) is 0 Å². The Morgan fingerprint density at radius 2 is 2.04 bits per heavy atom. The highest BCUT2D eigenvalue weighted by molar-refractivity contribution is 5.95. The first-order valence-corrected chi connectivity index (χ1v) is 7.60. The molecule has 0 radical (unpaired) electrons. The van der Waals surface area contributed by atoms with Gasteiger partial charge in [0.2, 0.25) is 0 Å². The van der Waals surface area contributed by atoms with Crippen LogP contribution in [0.2, 0.25) is 0 Å². The smallest absolute Gasteiger partial charge is 0.346 e. The molecule has 6 heteroatoms. The van der Waals surface area contributed by atoms with Gasteiger partial charge in [-0.2, -0.15) is 0 Å². The van der Waals surface area contributed by atoms with Crippen LogP contribution in [0.3, 0.4) is 0 Å². The van der Waals surface area contributed by atoms with Crippen LogP contribution >= 0.6 is 0 Å². The van der Waals surface area contributed by atoms with E-state index in [1.165, 1.54) is 13.8 Å². The van der Waals surface area contributed by atoms with Crippen molar-refractivity contribution in [2.45, 2.75) is 52.7 Å². The molecule has 1 aromatic heterocycles. The van der Waals surface area contributed by atoms with E-state index in [2.05, 4.69) is 0 Å². The number of aliphatic hydroxyl groups is 1. The Morgan fingerprint density at radius 3 is 2.61 bits per heavy atom. The summed E-state index contributed by atoms with van der Waals surface area (Å²) in [5.41, 5.74) is -2.27. The Bertz CT molecular complexity index is 725. The molecule has 0 saturated carbocycles. The summed E-state index contributed by atoms with van der Waals surface area (Å²) in [6, 6.07) is 0. The summed E-state index contributed by atoms with van der Waals surface area (Å²) in [4.78, 5) is 24.0. The van der Waals surface area contributed by atoms with Crippen LogP contribution in [0.4, 0.5) is 0 Å². The molecular formula is C17H22O6. The molecule has 0 spiro atoms. The van der Waals surface area contributed by atoms with Crippen LogP contribution in [0.5, 0.6) is 5.75 Å². The van der Waals surface area contributed by atoms with Crippen LogP contribution < -0.4 is 5.63 Å². The van der Waals surface area contributed by atoms with Crippen LogP contribution in [0, 0.1) is 12.8 Å². The van der Waals surface area contributed by atoms with Gasteiger partial charge in [-0.25, -0.2) is 9.59 Å². The second kappa shape index (κ2) is 5.85. The fraction of sp³-hybridized carbons (Fsp3) is 0.529. The van der Waals surface area contributed by atoms with E-state index >= 15 is 0 Å². The van der Waals surface area contributed by atoms with Crippen molar-refractivity contribution < 1.29 is 24.2 Å². The molecule has 0 aromatic carbocycles. The summed E-state index contributed by atoms with van der Waals surface area (Å²) in [5.74, 6) is -1.35. The third-order valence-corrected chi connectivity index (χ3v) is 4.32. The summed E-state index contributed by atoms with van der Waals surface area (Å²) in [5, 5.41) is 20.9. The van der Waals surface area contributed by atoms with E-state index in [4.69, 9.17) is 9.15 Å². The molecular weight excluding hydrogens is 300 g/mol. The van der Waals surface area contributed by atoms with Crippen LogP contribution in [0.1, 0.15) is 55.8 Å². The average molecular weight is 322 g/mol. The minimum Gasteiger partial charge on any atom is -0.506 e. The second-order valence-electron chi connectivity index (χ2n) is 6.30. The van der Waals surface area contributed by atoms with Crippen LogP contribution in [-0.2, 0) is 10.3 Å². The zero-order valence-electron chi connectivity index (χ0n) is 14.0. The maximum Gasteiger partial charge on any atom is 0.346 e. The van der Waals surface area contributed by atoms with Crippen molar-refractivity contribution >= 4 is 5.97 Å². The van der Waals surface area contributed by atoms with Gasteiger partial charge in [-0.3, -0.25) is 0 Å². The van der Waals surface area contributed by atoms with Crippen molar-refractivity contribution in [3.63, 3.8) is 0 Å². The second-order valence-corrected chi connectivity index (χ2v) is 6.30. The molecule has 1 aliphatic heterocycles. The number of hydrogen-bond donors (Lipinski definition) is 2. The van der Waals surface area contributed by atoms with Crippen LogP contribution in [-0.4, -0.2) is 22.3 Å². The lowest BCUT2D eigenvalue weighted by molar-refractivity contribution is -0.0881. The molecule has 0 bridgehead atoms. The molecule has 2 N–H and O–H groups in total. The Labute approximate surface area is 134 Å². The molecule has 0 aliphatic carbocycles.